The second kappa shape index (κ2) is 15.7. The molecule has 0 fully saturated rings. The van der Waals surface area contributed by atoms with E-state index < -0.39 is 5.82 Å². The number of hydrogen-bond donors (Lipinski definition) is 0. The number of hydrogen-bond acceptors (Lipinski definition) is 0. The summed E-state index contributed by atoms with van der Waals surface area (Å²) in [6, 6.07) is 18.1. The molecule has 2 heteroatoms. The van der Waals surface area contributed by atoms with E-state index in [2.05, 4.69) is 49.7 Å². The van der Waals surface area contributed by atoms with Crippen molar-refractivity contribution in [2.45, 2.75) is 84.5 Å². The van der Waals surface area contributed by atoms with Gasteiger partial charge in [-0.2, -0.15) is 0 Å². The second-order valence-electron chi connectivity index (χ2n) is 9.67. The van der Waals surface area contributed by atoms with Gasteiger partial charge in [-0.3, -0.25) is 0 Å². The number of benzene rings is 3. The fraction of sp³-hybridized carbons (Fsp3) is 0.371. The van der Waals surface area contributed by atoms with E-state index in [0.717, 1.165) is 36.8 Å². The lowest BCUT2D eigenvalue weighted by atomic mass is 10.0. The van der Waals surface area contributed by atoms with Gasteiger partial charge in [-0.15, -0.1) is 0 Å². The molecule has 0 saturated heterocycles. The van der Waals surface area contributed by atoms with E-state index in [0.29, 0.717) is 16.7 Å². The van der Waals surface area contributed by atoms with Gasteiger partial charge in [-0.25, -0.2) is 8.78 Å². The van der Waals surface area contributed by atoms with Gasteiger partial charge >= 0.3 is 0 Å². The van der Waals surface area contributed by atoms with Crippen LogP contribution in [0.3, 0.4) is 0 Å². The van der Waals surface area contributed by atoms with Crippen molar-refractivity contribution in [1.29, 1.82) is 0 Å². The van der Waals surface area contributed by atoms with Crippen molar-refractivity contribution < 1.29 is 8.78 Å². The van der Waals surface area contributed by atoms with Gasteiger partial charge in [0.15, 0.2) is 0 Å². The molecule has 0 radical (unpaired) electrons. The molecular weight excluding hydrogens is 458 g/mol. The Morgan fingerprint density at radius 2 is 1.05 bits per heavy atom. The van der Waals surface area contributed by atoms with Crippen LogP contribution in [0.25, 0.3) is 0 Å². The van der Waals surface area contributed by atoms with Gasteiger partial charge in [-0.05, 0) is 79.3 Å². The predicted octanol–water partition coefficient (Wildman–Crippen LogP) is 9.40. The first kappa shape index (κ1) is 28.2. The highest BCUT2D eigenvalue weighted by molar-refractivity contribution is 5.49. The Balaban J connectivity index is 1.58. The number of unbranched alkanes of at least 4 members (excludes halogenated alkanes) is 7. The van der Waals surface area contributed by atoms with E-state index in [1.54, 1.807) is 12.1 Å². The normalized spacial score (nSPS) is 10.4. The summed E-state index contributed by atoms with van der Waals surface area (Å²) in [7, 11) is 0. The maximum absolute atomic E-state index is 14.6. The van der Waals surface area contributed by atoms with Crippen molar-refractivity contribution in [3.05, 3.63) is 106 Å². The highest BCUT2D eigenvalue weighted by atomic mass is 19.1. The molecule has 0 heterocycles. The van der Waals surface area contributed by atoms with E-state index in [-0.39, 0.29) is 5.82 Å². The predicted molar refractivity (Wildman–Crippen MR) is 152 cm³/mol. The summed E-state index contributed by atoms with van der Waals surface area (Å²) < 4.78 is 29.1. The van der Waals surface area contributed by atoms with Crippen LogP contribution < -0.4 is 0 Å². The molecule has 0 N–H and O–H groups in total. The first-order valence-electron chi connectivity index (χ1n) is 13.8. The van der Waals surface area contributed by atoms with Crippen molar-refractivity contribution in [2.24, 2.45) is 0 Å². The van der Waals surface area contributed by atoms with Crippen LogP contribution in [0.4, 0.5) is 8.78 Å². The van der Waals surface area contributed by atoms with Gasteiger partial charge < -0.3 is 0 Å². The third-order valence-corrected chi connectivity index (χ3v) is 6.54. The Kier molecular flexibility index (Phi) is 12.0. The minimum Gasteiger partial charge on any atom is -0.207 e. The van der Waals surface area contributed by atoms with Gasteiger partial charge in [0.05, 0.1) is 5.56 Å². The van der Waals surface area contributed by atoms with E-state index in [9.17, 15) is 8.78 Å². The van der Waals surface area contributed by atoms with Crippen LogP contribution in [0, 0.1) is 35.3 Å². The first-order chi connectivity index (χ1) is 18.1. The third-order valence-electron chi connectivity index (χ3n) is 6.54. The molecule has 0 atom stereocenters. The summed E-state index contributed by atoms with van der Waals surface area (Å²) in [4.78, 5) is 0. The van der Waals surface area contributed by atoms with Crippen molar-refractivity contribution in [2.75, 3.05) is 0 Å². The molecule has 0 aliphatic heterocycles. The number of rotatable bonds is 11. The molecule has 0 unspecified atom stereocenters. The van der Waals surface area contributed by atoms with E-state index in [1.165, 1.54) is 62.6 Å². The highest BCUT2D eigenvalue weighted by Crippen LogP contribution is 2.15. The van der Waals surface area contributed by atoms with Gasteiger partial charge in [-0.1, -0.05) is 101 Å². The zero-order valence-corrected chi connectivity index (χ0v) is 22.3. The molecule has 0 aromatic heterocycles. The molecule has 37 heavy (non-hydrogen) atoms. The minimum atomic E-state index is -0.406. The summed E-state index contributed by atoms with van der Waals surface area (Å²) >= 11 is 0. The lowest BCUT2D eigenvalue weighted by Gasteiger charge is -2.04. The molecule has 3 aromatic rings. The topological polar surface area (TPSA) is 0 Å². The first-order valence-corrected chi connectivity index (χ1v) is 13.8. The van der Waals surface area contributed by atoms with Gasteiger partial charge in [0, 0.05) is 16.7 Å². The molecule has 0 bridgehead atoms. The SMILES string of the molecule is CCCCCCCc1ccc(C#Cc2ccc(C#Cc3ccc(CCCCCC)cc3)c(F)c2)cc1F. The molecule has 0 spiro atoms. The van der Waals surface area contributed by atoms with Crippen molar-refractivity contribution in [1.82, 2.24) is 0 Å². The lowest BCUT2D eigenvalue weighted by molar-refractivity contribution is 0.587. The summed E-state index contributed by atoms with van der Waals surface area (Å²) in [5, 5.41) is 0. The quantitative estimate of drug-likeness (QED) is 0.183. The monoisotopic (exact) mass is 496 g/mol. The van der Waals surface area contributed by atoms with Gasteiger partial charge in [0.25, 0.3) is 0 Å². The number of aryl methyl sites for hydroxylation is 2. The highest BCUT2D eigenvalue weighted by Gasteiger charge is 2.04. The fourth-order valence-electron chi connectivity index (χ4n) is 4.24. The Hall–Kier alpha value is -3.36. The Labute approximate surface area is 222 Å². The third kappa shape index (κ3) is 9.90. The Bertz CT molecular complexity index is 1250. The van der Waals surface area contributed by atoms with Crippen LogP contribution in [-0.4, -0.2) is 0 Å². The Morgan fingerprint density at radius 1 is 0.514 bits per heavy atom. The molecule has 0 aliphatic carbocycles. The van der Waals surface area contributed by atoms with E-state index in [1.807, 2.05) is 24.3 Å². The molecule has 0 saturated carbocycles. The zero-order chi connectivity index (χ0) is 26.3. The van der Waals surface area contributed by atoms with Gasteiger partial charge in [0.2, 0.25) is 0 Å². The minimum absolute atomic E-state index is 0.219. The van der Waals surface area contributed by atoms with Crippen LogP contribution in [0.5, 0.6) is 0 Å². The molecular formula is C35H38F2. The number of halogens is 2. The van der Waals surface area contributed by atoms with Crippen LogP contribution in [0.2, 0.25) is 0 Å². The molecule has 3 rings (SSSR count). The van der Waals surface area contributed by atoms with E-state index in [4.69, 9.17) is 0 Å². The van der Waals surface area contributed by atoms with Crippen molar-refractivity contribution >= 4 is 0 Å². The molecule has 0 aliphatic rings. The fourth-order valence-corrected chi connectivity index (χ4v) is 4.24. The smallest absolute Gasteiger partial charge is 0.140 e. The maximum atomic E-state index is 14.6. The van der Waals surface area contributed by atoms with Crippen LogP contribution >= 0.6 is 0 Å². The van der Waals surface area contributed by atoms with Crippen molar-refractivity contribution in [3.8, 4) is 23.7 Å². The Morgan fingerprint density at radius 3 is 1.70 bits per heavy atom. The van der Waals surface area contributed by atoms with Gasteiger partial charge in [0.1, 0.15) is 11.6 Å². The largest absolute Gasteiger partial charge is 0.207 e. The molecule has 192 valence electrons. The van der Waals surface area contributed by atoms with Crippen LogP contribution in [-0.2, 0) is 12.8 Å². The second-order valence-corrected chi connectivity index (χ2v) is 9.67. The standard InChI is InChI=1S/C35H38F2/c1-3-5-7-9-11-13-32-24-21-30(26-34(32)36)18-19-31-22-25-33(35(37)27-31)23-20-29-16-14-28(15-17-29)12-10-8-6-4-2/h14-17,21-22,24-27H,3-13H2,1-2H3. The summed E-state index contributed by atoms with van der Waals surface area (Å²) in [6.07, 6.45) is 12.6. The van der Waals surface area contributed by atoms with Crippen LogP contribution in [0.15, 0.2) is 60.7 Å². The summed E-state index contributed by atoms with van der Waals surface area (Å²) in [5.74, 6) is 11.2. The van der Waals surface area contributed by atoms with Crippen molar-refractivity contribution in [3.63, 3.8) is 0 Å². The zero-order valence-electron chi connectivity index (χ0n) is 22.3. The molecule has 3 aromatic carbocycles. The molecule has 0 nitrogen and oxygen atoms in total. The van der Waals surface area contributed by atoms with E-state index >= 15 is 0 Å². The summed E-state index contributed by atoms with van der Waals surface area (Å²) in [5.41, 5.74) is 4.38. The van der Waals surface area contributed by atoms with Crippen LogP contribution in [0.1, 0.15) is 105 Å². The lowest BCUT2D eigenvalue weighted by Crippen LogP contribution is -1.92. The average Bonchev–Trinajstić information content (AvgIpc) is 2.91. The average molecular weight is 497 g/mol. The summed E-state index contributed by atoms with van der Waals surface area (Å²) in [6.45, 7) is 4.41. The maximum Gasteiger partial charge on any atom is 0.140 e. The molecule has 0 amide bonds.